The summed E-state index contributed by atoms with van der Waals surface area (Å²) in [4.78, 5) is 15.6. The van der Waals surface area contributed by atoms with Crippen LogP contribution in [0.15, 0.2) is 0 Å². The molecule has 0 radical (unpaired) electrons. The summed E-state index contributed by atoms with van der Waals surface area (Å²) < 4.78 is -0.676. The first-order chi connectivity index (χ1) is 5.56. The smallest absolute Gasteiger partial charge is 0.292 e. The largest absolute Gasteiger partial charge is 0.496 e. The van der Waals surface area contributed by atoms with E-state index in [-0.39, 0.29) is 6.54 Å². The summed E-state index contributed by atoms with van der Waals surface area (Å²) in [6, 6.07) is 0. The van der Waals surface area contributed by atoms with Crippen LogP contribution in [0.4, 0.5) is 4.79 Å². The monoisotopic (exact) mass is 171 g/mol. The molecule has 0 heterocycles. The minimum atomic E-state index is -1.32. The van der Waals surface area contributed by atoms with Crippen LogP contribution in [0.5, 0.6) is 0 Å². The van der Waals surface area contributed by atoms with Crippen LogP contribution in [0.3, 0.4) is 0 Å². The Hall–Kier alpha value is -1.05. The van der Waals surface area contributed by atoms with Gasteiger partial charge in [0.25, 0.3) is 6.09 Å². The predicted octanol–water partition coefficient (Wildman–Crippen LogP) is -0.249. The molecule has 0 aliphatic carbocycles. The Morgan fingerprint density at radius 3 is 2.67 bits per heavy atom. The van der Waals surface area contributed by atoms with Crippen LogP contribution in [-0.2, 0) is 4.84 Å². The molecule has 0 aromatic carbocycles. The number of terminal acetylenes is 1. The number of carbonyl (C=O) groups excluding carboxylic acids is 1. The van der Waals surface area contributed by atoms with Crippen molar-refractivity contribution in [1.82, 2.24) is 0 Å². The molecule has 0 saturated heterocycles. The number of carboxylic acid groups (broad SMARTS) is 1. The van der Waals surface area contributed by atoms with Crippen LogP contribution < -0.4 is 5.11 Å². The van der Waals surface area contributed by atoms with Gasteiger partial charge < -0.3 is 9.90 Å². The van der Waals surface area contributed by atoms with Crippen LogP contribution in [0.25, 0.3) is 0 Å². The molecule has 0 aliphatic heterocycles. The van der Waals surface area contributed by atoms with E-state index in [2.05, 4.69) is 5.92 Å². The molecule has 1 amide bonds. The summed E-state index contributed by atoms with van der Waals surface area (Å²) >= 11 is 0. The first kappa shape index (κ1) is 11.0. The number of hydroxylamine groups is 3. The fraction of sp³-hybridized carbons (Fsp3) is 0.625. The van der Waals surface area contributed by atoms with Crippen LogP contribution >= 0.6 is 0 Å². The van der Waals surface area contributed by atoms with E-state index >= 15 is 0 Å². The van der Waals surface area contributed by atoms with Crippen molar-refractivity contribution in [3.8, 4) is 12.3 Å². The van der Waals surface area contributed by atoms with Crippen molar-refractivity contribution in [2.75, 3.05) is 20.2 Å². The summed E-state index contributed by atoms with van der Waals surface area (Å²) in [5.74, 6) is 2.22. The van der Waals surface area contributed by atoms with E-state index in [1.165, 1.54) is 7.05 Å². The molecule has 0 aromatic rings. The van der Waals surface area contributed by atoms with Crippen molar-refractivity contribution in [3.05, 3.63) is 0 Å². The molecule has 68 valence electrons. The standard InChI is InChI=1S/C8H13NO3/c1-4-6-9(3,8(10)11)12-7-5-2/h1H,5-7H2,2-3H3. The zero-order valence-electron chi connectivity index (χ0n) is 7.37. The molecular formula is C8H13NO3. The number of rotatable bonds is 4. The quantitative estimate of drug-likeness (QED) is 0.333. The fourth-order valence-corrected chi connectivity index (χ4v) is 0.630. The van der Waals surface area contributed by atoms with Crippen molar-refractivity contribution in [1.29, 1.82) is 0 Å². The average Bonchev–Trinajstić information content (AvgIpc) is 2.01. The van der Waals surface area contributed by atoms with E-state index in [0.717, 1.165) is 6.42 Å². The number of quaternary nitrogens is 1. The Morgan fingerprint density at radius 2 is 2.33 bits per heavy atom. The Labute approximate surface area is 72.3 Å². The number of amides is 1. The van der Waals surface area contributed by atoms with Gasteiger partial charge in [0.05, 0.1) is 0 Å². The predicted molar refractivity (Wildman–Crippen MR) is 41.5 cm³/mol. The van der Waals surface area contributed by atoms with E-state index in [1.54, 1.807) is 0 Å². The maximum atomic E-state index is 10.6. The highest BCUT2D eigenvalue weighted by atomic mass is 16.7. The zero-order valence-corrected chi connectivity index (χ0v) is 7.37. The molecule has 0 aromatic heterocycles. The van der Waals surface area contributed by atoms with Gasteiger partial charge in [0.2, 0.25) is 0 Å². The molecule has 1 unspecified atom stereocenters. The van der Waals surface area contributed by atoms with Gasteiger partial charge in [0.15, 0.2) is 6.54 Å². The topological polar surface area (TPSA) is 49.4 Å². The van der Waals surface area contributed by atoms with Gasteiger partial charge in [-0.2, -0.15) is 4.84 Å². The van der Waals surface area contributed by atoms with Crippen LogP contribution in [-0.4, -0.2) is 30.9 Å². The molecular weight excluding hydrogens is 158 g/mol. The average molecular weight is 171 g/mol. The third-order valence-corrected chi connectivity index (χ3v) is 1.36. The molecule has 0 fully saturated rings. The Bertz CT molecular complexity index is 197. The molecule has 1 atom stereocenters. The van der Waals surface area contributed by atoms with E-state index in [1.807, 2.05) is 6.92 Å². The second-order valence-corrected chi connectivity index (χ2v) is 2.56. The first-order valence-electron chi connectivity index (χ1n) is 3.72. The molecule has 0 N–H and O–H groups in total. The molecule has 0 rings (SSSR count). The number of nitrogens with zero attached hydrogens (tertiary/aromatic N) is 1. The Kier molecular flexibility index (Phi) is 4.34. The molecule has 12 heavy (non-hydrogen) atoms. The molecule has 4 heteroatoms. The lowest BCUT2D eigenvalue weighted by atomic mass is 10.5. The third-order valence-electron chi connectivity index (χ3n) is 1.36. The minimum absolute atomic E-state index is 0.0255. The van der Waals surface area contributed by atoms with Crippen molar-refractivity contribution in [2.45, 2.75) is 13.3 Å². The summed E-state index contributed by atoms with van der Waals surface area (Å²) in [6.07, 6.45) is 4.41. The summed E-state index contributed by atoms with van der Waals surface area (Å²) in [5, 5.41) is 10.6. The summed E-state index contributed by atoms with van der Waals surface area (Å²) in [7, 11) is 1.37. The second kappa shape index (κ2) is 4.75. The van der Waals surface area contributed by atoms with Crippen molar-refractivity contribution in [2.24, 2.45) is 0 Å². The van der Waals surface area contributed by atoms with E-state index in [0.29, 0.717) is 6.61 Å². The van der Waals surface area contributed by atoms with Crippen molar-refractivity contribution in [3.63, 3.8) is 0 Å². The van der Waals surface area contributed by atoms with Crippen molar-refractivity contribution >= 4 is 6.09 Å². The van der Waals surface area contributed by atoms with Crippen LogP contribution in [0.1, 0.15) is 13.3 Å². The number of hydrogen-bond donors (Lipinski definition) is 0. The van der Waals surface area contributed by atoms with Gasteiger partial charge in [-0.3, -0.25) is 0 Å². The molecule has 0 bridgehead atoms. The lowest BCUT2D eigenvalue weighted by Crippen LogP contribution is -2.56. The van der Waals surface area contributed by atoms with Crippen molar-refractivity contribution < 1.29 is 19.4 Å². The van der Waals surface area contributed by atoms with Gasteiger partial charge in [-0.1, -0.05) is 6.92 Å². The number of carbonyl (C=O) groups is 1. The molecule has 4 nitrogen and oxygen atoms in total. The molecule has 0 saturated carbocycles. The van der Waals surface area contributed by atoms with E-state index < -0.39 is 10.7 Å². The Balaban J connectivity index is 4.20. The normalized spacial score (nSPS) is 14.8. The first-order valence-corrected chi connectivity index (χ1v) is 3.72. The maximum Gasteiger partial charge on any atom is 0.292 e. The molecule has 0 spiro atoms. The Morgan fingerprint density at radius 1 is 1.75 bits per heavy atom. The van der Waals surface area contributed by atoms with Gasteiger partial charge in [0, 0.05) is 0 Å². The molecule has 0 aliphatic rings. The second-order valence-electron chi connectivity index (χ2n) is 2.56. The fourth-order valence-electron chi connectivity index (χ4n) is 0.630. The van der Waals surface area contributed by atoms with Gasteiger partial charge in [0.1, 0.15) is 13.7 Å². The van der Waals surface area contributed by atoms with Gasteiger partial charge in [-0.05, 0) is 12.3 Å². The number of hydrogen-bond acceptors (Lipinski definition) is 3. The summed E-state index contributed by atoms with van der Waals surface area (Å²) in [6.45, 7) is 2.21. The van der Waals surface area contributed by atoms with Crippen LogP contribution in [0, 0.1) is 12.3 Å². The van der Waals surface area contributed by atoms with Crippen LogP contribution in [0.2, 0.25) is 0 Å². The van der Waals surface area contributed by atoms with Gasteiger partial charge >= 0.3 is 0 Å². The highest BCUT2D eigenvalue weighted by molar-refractivity contribution is 5.53. The van der Waals surface area contributed by atoms with Gasteiger partial charge in [-0.25, -0.2) is 0 Å². The highest BCUT2D eigenvalue weighted by Crippen LogP contribution is 2.02. The summed E-state index contributed by atoms with van der Waals surface area (Å²) in [5.41, 5.74) is 0. The maximum absolute atomic E-state index is 10.6. The van der Waals surface area contributed by atoms with Gasteiger partial charge in [-0.15, -0.1) is 11.1 Å². The lowest BCUT2D eigenvalue weighted by Gasteiger charge is -2.28. The van der Waals surface area contributed by atoms with E-state index in [9.17, 15) is 9.90 Å². The van der Waals surface area contributed by atoms with E-state index in [4.69, 9.17) is 11.3 Å². The minimum Gasteiger partial charge on any atom is -0.496 e. The third kappa shape index (κ3) is 2.91. The zero-order chi connectivity index (χ0) is 9.61. The lowest BCUT2D eigenvalue weighted by molar-refractivity contribution is -1.04. The SMILES string of the molecule is C#CC[N+](C)(OCCC)C(=O)[O-]. The highest BCUT2D eigenvalue weighted by Gasteiger charge is 2.24.